The molecular formula is C14H20N4O5. The molecule has 1 aromatic heterocycles. The Labute approximate surface area is 133 Å². The molecule has 2 atom stereocenters. The number of nitrogens with zero attached hydrogens (tertiary/aromatic N) is 2. The maximum Gasteiger partial charge on any atom is 0.328 e. The van der Waals surface area contributed by atoms with Gasteiger partial charge >= 0.3 is 11.9 Å². The number of aromatic amines is 1. The summed E-state index contributed by atoms with van der Waals surface area (Å²) in [4.78, 5) is 44.4. The second-order valence-electron chi connectivity index (χ2n) is 5.14. The first-order chi connectivity index (χ1) is 11.1. The van der Waals surface area contributed by atoms with Crippen LogP contribution in [-0.2, 0) is 30.3 Å². The molecule has 0 radical (unpaired) electrons. The molecule has 0 aromatic carbocycles. The van der Waals surface area contributed by atoms with Gasteiger partial charge in [-0.05, 0) is 0 Å². The fraction of sp³-hybridized carbons (Fsp3) is 0.571. The molecule has 1 amide bonds. The molecule has 2 N–H and O–H groups in total. The van der Waals surface area contributed by atoms with E-state index in [0.717, 1.165) is 5.69 Å². The summed E-state index contributed by atoms with van der Waals surface area (Å²) in [5.41, 5.74) is 0.719. The van der Waals surface area contributed by atoms with Gasteiger partial charge in [-0.3, -0.25) is 9.59 Å². The molecule has 0 aliphatic carbocycles. The van der Waals surface area contributed by atoms with Gasteiger partial charge in [0.15, 0.2) is 0 Å². The van der Waals surface area contributed by atoms with Crippen molar-refractivity contribution in [2.45, 2.75) is 24.9 Å². The van der Waals surface area contributed by atoms with E-state index in [0.29, 0.717) is 13.1 Å². The van der Waals surface area contributed by atoms with E-state index in [2.05, 4.69) is 20.0 Å². The monoisotopic (exact) mass is 324 g/mol. The molecule has 0 saturated carbocycles. The number of carbonyl (C=O) groups excluding carboxylic acids is 3. The Hall–Kier alpha value is -2.42. The number of hydrogen-bond donors (Lipinski definition) is 2. The van der Waals surface area contributed by atoms with Crippen molar-refractivity contribution in [2.24, 2.45) is 0 Å². The van der Waals surface area contributed by atoms with Crippen molar-refractivity contribution >= 4 is 17.8 Å². The molecule has 9 heteroatoms. The third kappa shape index (κ3) is 4.07. The second kappa shape index (κ2) is 7.73. The van der Waals surface area contributed by atoms with Gasteiger partial charge in [0.25, 0.3) is 0 Å². The number of amides is 1. The van der Waals surface area contributed by atoms with Crippen LogP contribution >= 0.6 is 0 Å². The van der Waals surface area contributed by atoms with Crippen LogP contribution in [0.3, 0.4) is 0 Å². The highest BCUT2D eigenvalue weighted by Crippen LogP contribution is 2.14. The second-order valence-corrected chi connectivity index (χ2v) is 5.14. The highest BCUT2D eigenvalue weighted by Gasteiger charge is 2.38. The van der Waals surface area contributed by atoms with Gasteiger partial charge < -0.3 is 24.7 Å². The first kappa shape index (κ1) is 16.9. The quantitative estimate of drug-likeness (QED) is 0.636. The van der Waals surface area contributed by atoms with Crippen LogP contribution in [0.4, 0.5) is 0 Å². The first-order valence-corrected chi connectivity index (χ1v) is 7.22. The minimum absolute atomic E-state index is 0.0796. The molecule has 2 rings (SSSR count). The fourth-order valence-corrected chi connectivity index (χ4v) is 2.54. The standard InChI is InChI=1S/C14H20N4O5/c1-22-12(19)6-10-13(20)18(4-3-16-10)11(14(21)23-2)5-9-7-15-8-17-9/h7-8,10-11,16H,3-6H2,1-2H3,(H,15,17)/t10-,11-/m0/s1. The number of nitrogens with one attached hydrogen (secondary N) is 2. The van der Waals surface area contributed by atoms with E-state index < -0.39 is 24.0 Å². The maximum absolute atomic E-state index is 12.6. The molecule has 1 aliphatic heterocycles. The molecule has 9 nitrogen and oxygen atoms in total. The summed E-state index contributed by atoms with van der Waals surface area (Å²) >= 11 is 0. The first-order valence-electron chi connectivity index (χ1n) is 7.22. The summed E-state index contributed by atoms with van der Waals surface area (Å²) in [7, 11) is 2.55. The fourth-order valence-electron chi connectivity index (χ4n) is 2.54. The lowest BCUT2D eigenvalue weighted by Gasteiger charge is -2.36. The van der Waals surface area contributed by atoms with Gasteiger partial charge in [-0.15, -0.1) is 0 Å². The molecular weight excluding hydrogens is 304 g/mol. The third-order valence-electron chi connectivity index (χ3n) is 3.74. The summed E-state index contributed by atoms with van der Waals surface area (Å²) in [6.07, 6.45) is 3.28. The smallest absolute Gasteiger partial charge is 0.328 e. The van der Waals surface area contributed by atoms with E-state index in [1.165, 1.54) is 25.4 Å². The number of methoxy groups -OCH3 is 2. The largest absolute Gasteiger partial charge is 0.469 e. The minimum Gasteiger partial charge on any atom is -0.469 e. The number of aromatic nitrogens is 2. The van der Waals surface area contributed by atoms with Gasteiger partial charge in [0.05, 0.1) is 33.0 Å². The Morgan fingerprint density at radius 3 is 2.83 bits per heavy atom. The molecule has 1 aliphatic rings. The highest BCUT2D eigenvalue weighted by atomic mass is 16.5. The lowest BCUT2D eigenvalue weighted by Crippen LogP contribution is -2.60. The van der Waals surface area contributed by atoms with Crippen LogP contribution in [0.15, 0.2) is 12.5 Å². The molecule has 126 valence electrons. The summed E-state index contributed by atoms with van der Waals surface area (Å²) in [6, 6.07) is -1.47. The molecule has 0 unspecified atom stereocenters. The Bertz CT molecular complexity index is 560. The Morgan fingerprint density at radius 1 is 1.43 bits per heavy atom. The van der Waals surface area contributed by atoms with Crippen LogP contribution in [0, 0.1) is 0 Å². The summed E-state index contributed by atoms with van der Waals surface area (Å²) in [6.45, 7) is 0.828. The average molecular weight is 324 g/mol. The Morgan fingerprint density at radius 2 is 2.22 bits per heavy atom. The number of piperazine rings is 1. The van der Waals surface area contributed by atoms with E-state index >= 15 is 0 Å². The topological polar surface area (TPSA) is 114 Å². The van der Waals surface area contributed by atoms with Crippen LogP contribution in [0.2, 0.25) is 0 Å². The van der Waals surface area contributed by atoms with Crippen molar-refractivity contribution in [3.8, 4) is 0 Å². The van der Waals surface area contributed by atoms with E-state index in [-0.39, 0.29) is 18.7 Å². The lowest BCUT2D eigenvalue weighted by atomic mass is 10.0. The zero-order valence-electron chi connectivity index (χ0n) is 13.1. The van der Waals surface area contributed by atoms with Gasteiger partial charge in [-0.25, -0.2) is 9.78 Å². The number of imidazole rings is 1. The molecule has 1 saturated heterocycles. The predicted molar refractivity (Wildman–Crippen MR) is 78.2 cm³/mol. The predicted octanol–water partition coefficient (Wildman–Crippen LogP) is -1.14. The average Bonchev–Trinajstić information content (AvgIpc) is 3.07. The molecule has 2 heterocycles. The molecule has 1 aromatic rings. The number of H-pyrrole nitrogens is 1. The van der Waals surface area contributed by atoms with Crippen LogP contribution in [0.25, 0.3) is 0 Å². The van der Waals surface area contributed by atoms with Crippen molar-refractivity contribution in [1.29, 1.82) is 0 Å². The van der Waals surface area contributed by atoms with Crippen LogP contribution in [0.1, 0.15) is 12.1 Å². The zero-order chi connectivity index (χ0) is 16.8. The summed E-state index contributed by atoms with van der Waals surface area (Å²) in [5.74, 6) is -1.32. The van der Waals surface area contributed by atoms with Crippen molar-refractivity contribution < 1.29 is 23.9 Å². The summed E-state index contributed by atoms with van der Waals surface area (Å²) < 4.78 is 9.42. The Balaban J connectivity index is 2.14. The maximum atomic E-state index is 12.6. The van der Waals surface area contributed by atoms with E-state index in [4.69, 9.17) is 4.74 Å². The Kier molecular flexibility index (Phi) is 5.69. The molecule has 1 fully saturated rings. The van der Waals surface area contributed by atoms with E-state index in [1.807, 2.05) is 0 Å². The molecule has 0 spiro atoms. The number of ether oxygens (including phenoxy) is 2. The molecule has 0 bridgehead atoms. The summed E-state index contributed by atoms with van der Waals surface area (Å²) in [5, 5.41) is 2.97. The van der Waals surface area contributed by atoms with Crippen molar-refractivity contribution in [1.82, 2.24) is 20.2 Å². The number of carbonyl (C=O) groups is 3. The van der Waals surface area contributed by atoms with E-state index in [9.17, 15) is 14.4 Å². The normalized spacial score (nSPS) is 19.3. The number of rotatable bonds is 6. The minimum atomic E-state index is -0.768. The van der Waals surface area contributed by atoms with Crippen molar-refractivity contribution in [2.75, 3.05) is 27.3 Å². The highest BCUT2D eigenvalue weighted by molar-refractivity contribution is 5.91. The van der Waals surface area contributed by atoms with E-state index in [1.54, 1.807) is 6.20 Å². The van der Waals surface area contributed by atoms with Gasteiger partial charge in [-0.1, -0.05) is 0 Å². The number of hydrogen-bond acceptors (Lipinski definition) is 7. The van der Waals surface area contributed by atoms with Gasteiger partial charge in [0.2, 0.25) is 5.91 Å². The van der Waals surface area contributed by atoms with Crippen LogP contribution < -0.4 is 5.32 Å². The lowest BCUT2D eigenvalue weighted by molar-refractivity contribution is -0.156. The van der Waals surface area contributed by atoms with Crippen LogP contribution in [-0.4, -0.2) is 72.1 Å². The van der Waals surface area contributed by atoms with Crippen LogP contribution in [0.5, 0.6) is 0 Å². The third-order valence-corrected chi connectivity index (χ3v) is 3.74. The molecule has 23 heavy (non-hydrogen) atoms. The number of esters is 2. The van der Waals surface area contributed by atoms with Gasteiger partial charge in [-0.2, -0.15) is 0 Å². The zero-order valence-corrected chi connectivity index (χ0v) is 13.1. The van der Waals surface area contributed by atoms with Gasteiger partial charge in [0.1, 0.15) is 6.04 Å². The van der Waals surface area contributed by atoms with Crippen molar-refractivity contribution in [3.63, 3.8) is 0 Å². The van der Waals surface area contributed by atoms with Crippen molar-refractivity contribution in [3.05, 3.63) is 18.2 Å². The van der Waals surface area contributed by atoms with Gasteiger partial charge in [0, 0.05) is 31.4 Å². The SMILES string of the molecule is COC(=O)C[C@@H]1NCCN([C@@H](Cc2cnc[nH]2)C(=O)OC)C1=O.